The fourth-order valence-corrected chi connectivity index (χ4v) is 1.94. The number of carboxylic acids is 1. The van der Waals surface area contributed by atoms with Crippen LogP contribution in [0.2, 0.25) is 0 Å². The first-order valence-corrected chi connectivity index (χ1v) is 5.28. The highest BCUT2D eigenvalue weighted by atomic mass is 19.4. The highest BCUT2D eigenvalue weighted by Crippen LogP contribution is 2.38. The number of H-pyrrole nitrogens is 1. The average Bonchev–Trinajstić information content (AvgIpc) is 2.63. The van der Waals surface area contributed by atoms with E-state index in [9.17, 15) is 18.0 Å². The van der Waals surface area contributed by atoms with Crippen molar-refractivity contribution in [3.05, 3.63) is 35.5 Å². The summed E-state index contributed by atoms with van der Waals surface area (Å²) >= 11 is 0. The van der Waals surface area contributed by atoms with Crippen LogP contribution in [0.15, 0.2) is 24.3 Å². The van der Waals surface area contributed by atoms with Crippen molar-refractivity contribution < 1.29 is 23.1 Å². The van der Waals surface area contributed by atoms with Gasteiger partial charge in [0.05, 0.1) is 12.0 Å². The number of aliphatic carboxylic acids is 1. The monoisotopic (exact) mass is 257 g/mol. The summed E-state index contributed by atoms with van der Waals surface area (Å²) in [5.41, 5.74) is -0.476. The number of alkyl halides is 3. The van der Waals surface area contributed by atoms with Crippen molar-refractivity contribution in [2.75, 3.05) is 0 Å². The fraction of sp³-hybridized carbons (Fsp3) is 0.250. The van der Waals surface area contributed by atoms with E-state index in [1.54, 1.807) is 6.07 Å². The summed E-state index contributed by atoms with van der Waals surface area (Å²) in [5.74, 6) is -1.12. The number of benzene rings is 1. The van der Waals surface area contributed by atoms with Crippen LogP contribution in [-0.4, -0.2) is 16.1 Å². The van der Waals surface area contributed by atoms with Crippen molar-refractivity contribution >= 4 is 16.9 Å². The van der Waals surface area contributed by atoms with Gasteiger partial charge in [-0.3, -0.25) is 4.79 Å². The summed E-state index contributed by atoms with van der Waals surface area (Å²) in [4.78, 5) is 13.1. The molecule has 2 aromatic rings. The molecule has 0 saturated heterocycles. The molecule has 0 aliphatic rings. The first-order chi connectivity index (χ1) is 8.39. The van der Waals surface area contributed by atoms with Crippen LogP contribution in [-0.2, 0) is 17.4 Å². The second-order valence-electron chi connectivity index (χ2n) is 3.92. The van der Waals surface area contributed by atoms with Crippen LogP contribution < -0.4 is 0 Å². The van der Waals surface area contributed by atoms with E-state index in [0.717, 1.165) is 0 Å². The number of aromatic amines is 1. The van der Waals surface area contributed by atoms with Crippen molar-refractivity contribution in [3.8, 4) is 0 Å². The Hall–Kier alpha value is -1.98. The van der Waals surface area contributed by atoms with E-state index >= 15 is 0 Å². The number of aromatic nitrogens is 1. The molecule has 1 aromatic heterocycles. The largest absolute Gasteiger partial charge is 0.481 e. The summed E-state index contributed by atoms with van der Waals surface area (Å²) in [6.45, 7) is 0. The molecule has 0 saturated carbocycles. The highest BCUT2D eigenvalue weighted by molar-refractivity contribution is 5.85. The van der Waals surface area contributed by atoms with Crippen molar-refractivity contribution in [1.29, 1.82) is 0 Å². The number of para-hydroxylation sites is 1. The molecule has 0 atom stereocenters. The second-order valence-corrected chi connectivity index (χ2v) is 3.92. The van der Waals surface area contributed by atoms with Gasteiger partial charge in [-0.25, -0.2) is 0 Å². The number of rotatable bonds is 3. The number of hydrogen-bond acceptors (Lipinski definition) is 1. The molecule has 0 radical (unpaired) electrons. The van der Waals surface area contributed by atoms with E-state index in [1.165, 1.54) is 18.2 Å². The molecule has 96 valence electrons. The third-order valence-electron chi connectivity index (χ3n) is 2.66. The minimum absolute atomic E-state index is 0.0744. The first kappa shape index (κ1) is 12.5. The maximum Gasteiger partial charge on any atom is 0.418 e. The van der Waals surface area contributed by atoms with E-state index in [0.29, 0.717) is 5.52 Å². The van der Waals surface area contributed by atoms with Gasteiger partial charge in [0.25, 0.3) is 0 Å². The molecule has 0 aliphatic carbocycles. The molecule has 3 nitrogen and oxygen atoms in total. The quantitative estimate of drug-likeness (QED) is 0.887. The van der Waals surface area contributed by atoms with Gasteiger partial charge < -0.3 is 10.1 Å². The van der Waals surface area contributed by atoms with Gasteiger partial charge in [-0.15, -0.1) is 0 Å². The number of halogens is 3. The third kappa shape index (κ3) is 2.32. The number of aryl methyl sites for hydroxylation is 1. The molecule has 0 fully saturated rings. The fourth-order valence-electron chi connectivity index (χ4n) is 1.94. The van der Waals surface area contributed by atoms with Gasteiger partial charge in [-0.2, -0.15) is 13.2 Å². The molecule has 0 aliphatic heterocycles. The van der Waals surface area contributed by atoms with E-state index in [2.05, 4.69) is 4.98 Å². The van der Waals surface area contributed by atoms with Gasteiger partial charge in [-0.05, 0) is 12.5 Å². The Balaban J connectivity index is 2.54. The molecule has 0 amide bonds. The normalized spacial score (nSPS) is 11.9. The molecule has 0 spiro atoms. The lowest BCUT2D eigenvalue weighted by Gasteiger charge is -2.08. The van der Waals surface area contributed by atoms with E-state index in [4.69, 9.17) is 5.11 Å². The predicted molar refractivity (Wildman–Crippen MR) is 59.3 cm³/mol. The lowest BCUT2D eigenvalue weighted by atomic mass is 10.1. The molecule has 1 heterocycles. The Morgan fingerprint density at radius 2 is 1.94 bits per heavy atom. The van der Waals surface area contributed by atoms with Gasteiger partial charge in [0.1, 0.15) is 0 Å². The van der Waals surface area contributed by atoms with Crippen molar-refractivity contribution in [3.63, 3.8) is 0 Å². The zero-order chi connectivity index (χ0) is 13.3. The zero-order valence-corrected chi connectivity index (χ0v) is 9.21. The Morgan fingerprint density at radius 3 is 2.56 bits per heavy atom. The molecule has 2 rings (SSSR count). The predicted octanol–water partition coefficient (Wildman–Crippen LogP) is 3.20. The standard InChI is InChI=1S/C12H10F3NO2/c13-12(14,15)11-7-3-1-2-4-8(7)16-9(11)5-6-10(17)18/h1-4,16H,5-6H2,(H,17,18). The molecule has 6 heteroatoms. The van der Waals surface area contributed by atoms with Crippen LogP contribution in [0.5, 0.6) is 0 Å². The number of carbonyl (C=O) groups is 1. The highest BCUT2D eigenvalue weighted by Gasteiger charge is 2.36. The number of nitrogens with one attached hydrogen (secondary N) is 1. The summed E-state index contributed by atoms with van der Waals surface area (Å²) in [6, 6.07) is 6.06. The molecule has 1 aromatic carbocycles. The number of carboxylic acid groups (broad SMARTS) is 1. The zero-order valence-electron chi connectivity index (χ0n) is 9.21. The molecule has 0 bridgehead atoms. The second kappa shape index (κ2) is 4.36. The molecule has 2 N–H and O–H groups in total. The topological polar surface area (TPSA) is 53.1 Å². The average molecular weight is 257 g/mol. The van der Waals surface area contributed by atoms with Crippen LogP contribution in [0.4, 0.5) is 13.2 Å². The molecular formula is C12H10F3NO2. The Kier molecular flexibility index (Phi) is 3.02. The van der Waals surface area contributed by atoms with Gasteiger partial charge in [0.2, 0.25) is 0 Å². The number of hydrogen-bond donors (Lipinski definition) is 2. The maximum atomic E-state index is 13.0. The third-order valence-corrected chi connectivity index (χ3v) is 2.66. The summed E-state index contributed by atoms with van der Waals surface area (Å²) < 4.78 is 38.9. The van der Waals surface area contributed by atoms with Gasteiger partial charge >= 0.3 is 12.1 Å². The van der Waals surface area contributed by atoms with E-state index in [1.807, 2.05) is 0 Å². The molecule has 0 unspecified atom stereocenters. The molecule has 18 heavy (non-hydrogen) atoms. The Morgan fingerprint density at radius 1 is 1.28 bits per heavy atom. The van der Waals surface area contributed by atoms with Crippen LogP contribution in [0.25, 0.3) is 10.9 Å². The van der Waals surface area contributed by atoms with E-state index in [-0.39, 0.29) is 23.9 Å². The SMILES string of the molecule is O=C(O)CCc1[nH]c2ccccc2c1C(F)(F)F. The van der Waals surface area contributed by atoms with Crippen LogP contribution in [0, 0.1) is 0 Å². The van der Waals surface area contributed by atoms with Gasteiger partial charge in [-0.1, -0.05) is 18.2 Å². The van der Waals surface area contributed by atoms with E-state index < -0.39 is 17.7 Å². The smallest absolute Gasteiger partial charge is 0.418 e. The molecular weight excluding hydrogens is 247 g/mol. The minimum Gasteiger partial charge on any atom is -0.481 e. The van der Waals surface area contributed by atoms with Crippen molar-refractivity contribution in [1.82, 2.24) is 4.98 Å². The lowest BCUT2D eigenvalue weighted by molar-refractivity contribution is -0.139. The first-order valence-electron chi connectivity index (χ1n) is 5.28. The van der Waals surface area contributed by atoms with Crippen molar-refractivity contribution in [2.45, 2.75) is 19.0 Å². The van der Waals surface area contributed by atoms with Crippen LogP contribution >= 0.6 is 0 Å². The Bertz CT molecular complexity index is 587. The summed E-state index contributed by atoms with van der Waals surface area (Å²) in [7, 11) is 0. The Labute approximate surface area is 100 Å². The summed E-state index contributed by atoms with van der Waals surface area (Å²) in [5, 5.41) is 8.62. The van der Waals surface area contributed by atoms with Crippen LogP contribution in [0.1, 0.15) is 17.7 Å². The maximum absolute atomic E-state index is 13.0. The number of fused-ring (bicyclic) bond motifs is 1. The minimum atomic E-state index is -4.49. The van der Waals surface area contributed by atoms with Crippen LogP contribution in [0.3, 0.4) is 0 Å². The lowest BCUT2D eigenvalue weighted by Crippen LogP contribution is -2.09. The van der Waals surface area contributed by atoms with Crippen molar-refractivity contribution in [2.24, 2.45) is 0 Å². The van der Waals surface area contributed by atoms with Gasteiger partial charge in [0.15, 0.2) is 0 Å². The summed E-state index contributed by atoms with van der Waals surface area (Å²) in [6.07, 6.45) is -5.00. The van der Waals surface area contributed by atoms with Gasteiger partial charge in [0, 0.05) is 16.6 Å².